The van der Waals surface area contributed by atoms with Crippen molar-refractivity contribution in [2.24, 2.45) is 0 Å². The van der Waals surface area contributed by atoms with E-state index in [1.165, 1.54) is 29.8 Å². The zero-order chi connectivity index (χ0) is 12.4. The number of nitrogens with one attached hydrogen (secondary N) is 1. The monoisotopic (exact) mass is 241 g/mol. The van der Waals surface area contributed by atoms with E-state index in [2.05, 4.69) is 46.1 Å². The van der Waals surface area contributed by atoms with Gasteiger partial charge in [0, 0.05) is 17.9 Å². The molecule has 0 atom stereocenters. The lowest BCUT2D eigenvalue weighted by atomic mass is 10.1. The standard InChI is InChI=1S/C15H19N3/c1-2-12-3-5-13(6-4-12)17-10-15-9-16-11-18(15)14-7-8-14/h3-6,9,11,14,17H,2,7-8,10H2,1H3. The van der Waals surface area contributed by atoms with Crippen molar-refractivity contribution in [3.63, 3.8) is 0 Å². The number of hydrogen-bond acceptors (Lipinski definition) is 2. The van der Waals surface area contributed by atoms with E-state index in [4.69, 9.17) is 0 Å². The van der Waals surface area contributed by atoms with Gasteiger partial charge in [0.25, 0.3) is 0 Å². The zero-order valence-corrected chi connectivity index (χ0v) is 10.8. The lowest BCUT2D eigenvalue weighted by Crippen LogP contribution is -2.05. The van der Waals surface area contributed by atoms with Gasteiger partial charge >= 0.3 is 0 Å². The predicted octanol–water partition coefficient (Wildman–Crippen LogP) is 3.39. The molecule has 1 aliphatic rings. The topological polar surface area (TPSA) is 29.9 Å². The van der Waals surface area contributed by atoms with Crippen LogP contribution in [0, 0.1) is 0 Å². The van der Waals surface area contributed by atoms with E-state index in [0.29, 0.717) is 6.04 Å². The Bertz CT molecular complexity index is 509. The van der Waals surface area contributed by atoms with Crippen LogP contribution in [0.4, 0.5) is 5.69 Å². The summed E-state index contributed by atoms with van der Waals surface area (Å²) in [5.41, 5.74) is 3.83. The first-order chi connectivity index (χ1) is 8.86. The first-order valence-corrected chi connectivity index (χ1v) is 6.70. The van der Waals surface area contributed by atoms with Crippen molar-refractivity contribution >= 4 is 5.69 Å². The Hall–Kier alpha value is -1.77. The molecule has 0 saturated heterocycles. The molecule has 3 heteroatoms. The van der Waals surface area contributed by atoms with Gasteiger partial charge in [0.05, 0.1) is 18.6 Å². The number of aromatic nitrogens is 2. The van der Waals surface area contributed by atoms with E-state index in [1.807, 2.05) is 12.5 Å². The molecule has 1 aromatic heterocycles. The fourth-order valence-electron chi connectivity index (χ4n) is 2.20. The Morgan fingerprint density at radius 3 is 2.72 bits per heavy atom. The molecule has 1 N–H and O–H groups in total. The van der Waals surface area contributed by atoms with E-state index >= 15 is 0 Å². The maximum absolute atomic E-state index is 4.25. The van der Waals surface area contributed by atoms with Gasteiger partial charge in [-0.05, 0) is 37.0 Å². The zero-order valence-electron chi connectivity index (χ0n) is 10.8. The molecule has 1 fully saturated rings. The average molecular weight is 241 g/mol. The molecule has 0 radical (unpaired) electrons. The second kappa shape index (κ2) is 4.84. The van der Waals surface area contributed by atoms with Crippen LogP contribution in [0.1, 0.15) is 37.1 Å². The molecule has 94 valence electrons. The van der Waals surface area contributed by atoms with Crippen LogP contribution in [0.3, 0.4) is 0 Å². The van der Waals surface area contributed by atoms with E-state index in [1.54, 1.807) is 0 Å². The summed E-state index contributed by atoms with van der Waals surface area (Å²) in [6.07, 6.45) is 7.61. The van der Waals surface area contributed by atoms with Crippen molar-refractivity contribution < 1.29 is 0 Å². The summed E-state index contributed by atoms with van der Waals surface area (Å²) in [6.45, 7) is 3.03. The van der Waals surface area contributed by atoms with E-state index in [0.717, 1.165) is 13.0 Å². The Labute approximate surface area is 108 Å². The minimum atomic E-state index is 0.701. The first kappa shape index (κ1) is 11.3. The summed E-state index contributed by atoms with van der Waals surface area (Å²) in [5, 5.41) is 3.46. The second-order valence-corrected chi connectivity index (χ2v) is 4.93. The van der Waals surface area contributed by atoms with Crippen LogP contribution in [0.15, 0.2) is 36.8 Å². The van der Waals surface area contributed by atoms with E-state index in [9.17, 15) is 0 Å². The molecule has 0 bridgehead atoms. The van der Waals surface area contributed by atoms with Gasteiger partial charge in [-0.25, -0.2) is 4.98 Å². The maximum Gasteiger partial charge on any atom is 0.0951 e. The van der Waals surface area contributed by atoms with Crippen LogP contribution < -0.4 is 5.32 Å². The average Bonchev–Trinajstić information content (AvgIpc) is 3.16. The maximum atomic E-state index is 4.25. The predicted molar refractivity (Wildman–Crippen MR) is 73.6 cm³/mol. The Morgan fingerprint density at radius 1 is 1.28 bits per heavy atom. The second-order valence-electron chi connectivity index (χ2n) is 4.93. The molecular formula is C15H19N3. The molecule has 0 unspecified atom stereocenters. The minimum absolute atomic E-state index is 0.701. The molecule has 18 heavy (non-hydrogen) atoms. The van der Waals surface area contributed by atoms with Gasteiger partial charge in [0.15, 0.2) is 0 Å². The number of aryl methyl sites for hydroxylation is 1. The van der Waals surface area contributed by atoms with Gasteiger partial charge < -0.3 is 9.88 Å². The molecular weight excluding hydrogens is 222 g/mol. The smallest absolute Gasteiger partial charge is 0.0951 e. The first-order valence-electron chi connectivity index (χ1n) is 6.70. The van der Waals surface area contributed by atoms with Crippen molar-refractivity contribution in [1.29, 1.82) is 0 Å². The summed E-state index contributed by atoms with van der Waals surface area (Å²) in [5.74, 6) is 0. The lowest BCUT2D eigenvalue weighted by molar-refractivity contribution is 0.701. The van der Waals surface area contributed by atoms with Crippen molar-refractivity contribution in [2.45, 2.75) is 38.8 Å². The number of benzene rings is 1. The third-order valence-electron chi connectivity index (χ3n) is 3.52. The van der Waals surface area contributed by atoms with Gasteiger partial charge in [-0.15, -0.1) is 0 Å². The number of rotatable bonds is 5. The number of imidazole rings is 1. The van der Waals surface area contributed by atoms with Crippen LogP contribution in [0.5, 0.6) is 0 Å². The van der Waals surface area contributed by atoms with Gasteiger partial charge in [-0.1, -0.05) is 19.1 Å². The Kier molecular flexibility index (Phi) is 3.05. The highest BCUT2D eigenvalue weighted by atomic mass is 15.1. The van der Waals surface area contributed by atoms with Crippen molar-refractivity contribution in [1.82, 2.24) is 9.55 Å². The number of anilines is 1. The highest BCUT2D eigenvalue weighted by molar-refractivity contribution is 5.44. The summed E-state index contributed by atoms with van der Waals surface area (Å²) in [6, 6.07) is 9.36. The fourth-order valence-corrected chi connectivity index (χ4v) is 2.20. The molecule has 3 nitrogen and oxygen atoms in total. The van der Waals surface area contributed by atoms with Crippen molar-refractivity contribution in [2.75, 3.05) is 5.32 Å². The summed E-state index contributed by atoms with van der Waals surface area (Å²) < 4.78 is 2.30. The van der Waals surface area contributed by atoms with E-state index in [-0.39, 0.29) is 0 Å². The largest absolute Gasteiger partial charge is 0.379 e. The van der Waals surface area contributed by atoms with Gasteiger partial charge in [0.1, 0.15) is 0 Å². The number of hydrogen-bond donors (Lipinski definition) is 1. The van der Waals surface area contributed by atoms with Gasteiger partial charge in [0.2, 0.25) is 0 Å². The van der Waals surface area contributed by atoms with Crippen LogP contribution in [0.25, 0.3) is 0 Å². The molecule has 3 rings (SSSR count). The molecule has 1 saturated carbocycles. The normalized spacial score (nSPS) is 14.7. The highest BCUT2D eigenvalue weighted by Gasteiger charge is 2.24. The molecule has 1 aliphatic carbocycles. The molecule has 0 spiro atoms. The summed E-state index contributed by atoms with van der Waals surface area (Å²) in [4.78, 5) is 4.25. The van der Waals surface area contributed by atoms with E-state index < -0.39 is 0 Å². The quantitative estimate of drug-likeness (QED) is 0.869. The summed E-state index contributed by atoms with van der Waals surface area (Å²) >= 11 is 0. The van der Waals surface area contributed by atoms with Crippen LogP contribution in [-0.2, 0) is 13.0 Å². The lowest BCUT2D eigenvalue weighted by Gasteiger charge is -2.09. The molecule has 0 amide bonds. The minimum Gasteiger partial charge on any atom is -0.379 e. The molecule has 1 aromatic carbocycles. The Balaban J connectivity index is 1.64. The van der Waals surface area contributed by atoms with Gasteiger partial charge in [-0.2, -0.15) is 0 Å². The van der Waals surface area contributed by atoms with Gasteiger partial charge in [-0.3, -0.25) is 0 Å². The SMILES string of the molecule is CCc1ccc(NCc2cncn2C2CC2)cc1. The Morgan fingerprint density at radius 2 is 2.06 bits per heavy atom. The van der Waals surface area contributed by atoms with Crippen LogP contribution in [-0.4, -0.2) is 9.55 Å². The number of nitrogens with zero attached hydrogens (tertiary/aromatic N) is 2. The fraction of sp³-hybridized carbons (Fsp3) is 0.400. The molecule has 0 aliphatic heterocycles. The molecule has 2 aromatic rings. The van der Waals surface area contributed by atoms with Crippen LogP contribution >= 0.6 is 0 Å². The van der Waals surface area contributed by atoms with Crippen molar-refractivity contribution in [3.8, 4) is 0 Å². The van der Waals surface area contributed by atoms with Crippen molar-refractivity contribution in [3.05, 3.63) is 48.0 Å². The molecule has 1 heterocycles. The third kappa shape index (κ3) is 2.40. The summed E-state index contributed by atoms with van der Waals surface area (Å²) in [7, 11) is 0. The highest BCUT2D eigenvalue weighted by Crippen LogP contribution is 2.35. The van der Waals surface area contributed by atoms with Crippen LogP contribution in [0.2, 0.25) is 0 Å². The third-order valence-corrected chi connectivity index (χ3v) is 3.52.